The van der Waals surface area contributed by atoms with Crippen molar-refractivity contribution in [3.8, 4) is 11.3 Å². The molecule has 0 fully saturated rings. The van der Waals surface area contributed by atoms with Crippen molar-refractivity contribution in [2.24, 2.45) is 0 Å². The number of hydrogen-bond donors (Lipinski definition) is 0. The van der Waals surface area contributed by atoms with Gasteiger partial charge < -0.3 is 0 Å². The van der Waals surface area contributed by atoms with Crippen LogP contribution >= 0.6 is 0 Å². The van der Waals surface area contributed by atoms with Crippen molar-refractivity contribution >= 4 is 12.0 Å². The third-order valence-corrected chi connectivity index (χ3v) is 3.40. The van der Waals surface area contributed by atoms with Crippen molar-refractivity contribution in [3.63, 3.8) is 0 Å². The quantitative estimate of drug-likeness (QED) is 0.410. The van der Waals surface area contributed by atoms with Crippen molar-refractivity contribution in [2.45, 2.75) is 6.54 Å². The van der Waals surface area contributed by atoms with Gasteiger partial charge in [0.1, 0.15) is 0 Å². The van der Waals surface area contributed by atoms with Crippen LogP contribution in [0.15, 0.2) is 54.6 Å². The van der Waals surface area contributed by atoms with Crippen LogP contribution in [-0.2, 0) is 6.54 Å². The topological polar surface area (TPSA) is 90.9 Å². The molecule has 0 unspecified atom stereocenters. The number of nitrogens with zero attached hydrogens (tertiary/aromatic N) is 4. The van der Waals surface area contributed by atoms with E-state index in [9.17, 15) is 14.9 Å². The molecule has 0 atom stereocenters. The fourth-order valence-electron chi connectivity index (χ4n) is 2.31. The summed E-state index contributed by atoms with van der Waals surface area (Å²) in [6, 6.07) is 15.6. The predicted octanol–water partition coefficient (Wildman–Crippen LogP) is 2.71. The second-order valence-corrected chi connectivity index (χ2v) is 4.89. The second kappa shape index (κ2) is 6.18. The Kier molecular flexibility index (Phi) is 3.92. The first-order valence-corrected chi connectivity index (χ1v) is 6.86. The van der Waals surface area contributed by atoms with E-state index in [0.717, 1.165) is 5.56 Å². The van der Waals surface area contributed by atoms with Gasteiger partial charge in [0.2, 0.25) is 0 Å². The molecule has 7 nitrogen and oxygen atoms in total. The summed E-state index contributed by atoms with van der Waals surface area (Å²) in [6.45, 7) is 0.452. The molecule has 0 radical (unpaired) electrons. The maximum Gasteiger partial charge on any atom is 0.269 e. The van der Waals surface area contributed by atoms with E-state index in [2.05, 4.69) is 10.3 Å². The van der Waals surface area contributed by atoms with E-state index in [4.69, 9.17) is 0 Å². The largest absolute Gasteiger partial charge is 0.296 e. The summed E-state index contributed by atoms with van der Waals surface area (Å²) in [5, 5.41) is 18.6. The lowest BCUT2D eigenvalue weighted by Crippen LogP contribution is -2.04. The van der Waals surface area contributed by atoms with Crippen molar-refractivity contribution in [2.75, 3.05) is 0 Å². The molecule has 0 aliphatic carbocycles. The highest BCUT2D eigenvalue weighted by molar-refractivity contribution is 5.83. The second-order valence-electron chi connectivity index (χ2n) is 4.89. The van der Waals surface area contributed by atoms with E-state index in [1.165, 1.54) is 12.1 Å². The summed E-state index contributed by atoms with van der Waals surface area (Å²) in [4.78, 5) is 21.5. The van der Waals surface area contributed by atoms with Gasteiger partial charge in [-0.25, -0.2) is 4.68 Å². The Labute approximate surface area is 131 Å². The Bertz CT molecular complexity index is 842. The maximum absolute atomic E-state index is 11.2. The van der Waals surface area contributed by atoms with Gasteiger partial charge in [-0.1, -0.05) is 35.5 Å². The van der Waals surface area contributed by atoms with E-state index in [-0.39, 0.29) is 11.4 Å². The predicted molar refractivity (Wildman–Crippen MR) is 83.0 cm³/mol. The lowest BCUT2D eigenvalue weighted by molar-refractivity contribution is -0.384. The van der Waals surface area contributed by atoms with Crippen LogP contribution < -0.4 is 0 Å². The normalized spacial score (nSPS) is 10.4. The van der Waals surface area contributed by atoms with Gasteiger partial charge >= 0.3 is 0 Å². The molecule has 7 heteroatoms. The Balaban J connectivity index is 2.01. The molecule has 0 saturated carbocycles. The van der Waals surface area contributed by atoms with E-state index < -0.39 is 4.92 Å². The minimum atomic E-state index is -0.468. The zero-order valence-corrected chi connectivity index (χ0v) is 12.0. The zero-order chi connectivity index (χ0) is 16.2. The molecule has 23 heavy (non-hydrogen) atoms. The van der Waals surface area contributed by atoms with Gasteiger partial charge in [0.05, 0.1) is 17.2 Å². The Morgan fingerprint density at radius 1 is 1.09 bits per heavy atom. The molecule has 3 aromatic rings. The van der Waals surface area contributed by atoms with E-state index in [1.54, 1.807) is 16.8 Å². The first-order chi connectivity index (χ1) is 11.2. The highest BCUT2D eigenvalue weighted by atomic mass is 16.6. The van der Waals surface area contributed by atoms with Gasteiger partial charge in [-0.2, -0.15) is 0 Å². The molecule has 0 aliphatic heterocycles. The number of carbonyl (C=O) groups excluding carboxylic acids is 1. The molecule has 1 heterocycles. The standard InChI is InChI=1S/C16H12N4O3/c21-11-15-16(13-6-8-14(9-7-13)20(22)23)19(18-17-15)10-12-4-2-1-3-5-12/h1-9,11H,10H2. The summed E-state index contributed by atoms with van der Waals surface area (Å²) in [5.74, 6) is 0. The van der Waals surface area contributed by atoms with Crippen molar-refractivity contribution < 1.29 is 9.72 Å². The first-order valence-electron chi connectivity index (χ1n) is 6.86. The number of nitro benzene ring substituents is 1. The number of carbonyl (C=O) groups is 1. The fourth-order valence-corrected chi connectivity index (χ4v) is 2.31. The molecule has 0 amide bonds. The molecule has 3 rings (SSSR count). The number of aromatic nitrogens is 3. The molecule has 2 aromatic carbocycles. The SMILES string of the molecule is O=Cc1nnn(Cc2ccccc2)c1-c1ccc([N+](=O)[O-])cc1. The molecular formula is C16H12N4O3. The van der Waals surface area contributed by atoms with Gasteiger partial charge in [0.15, 0.2) is 12.0 Å². The highest BCUT2D eigenvalue weighted by Gasteiger charge is 2.16. The van der Waals surface area contributed by atoms with Crippen LogP contribution in [0.5, 0.6) is 0 Å². The number of hydrogen-bond acceptors (Lipinski definition) is 5. The number of non-ortho nitro benzene ring substituents is 1. The summed E-state index contributed by atoms with van der Waals surface area (Å²) in [5.41, 5.74) is 2.40. The van der Waals surface area contributed by atoms with Crippen LogP contribution in [0.25, 0.3) is 11.3 Å². The summed E-state index contributed by atoms with van der Waals surface area (Å²) < 4.78 is 1.61. The lowest BCUT2D eigenvalue weighted by Gasteiger charge is -2.07. The highest BCUT2D eigenvalue weighted by Crippen LogP contribution is 2.24. The number of benzene rings is 2. The summed E-state index contributed by atoms with van der Waals surface area (Å²) in [7, 11) is 0. The van der Waals surface area contributed by atoms with Gasteiger partial charge in [-0.3, -0.25) is 14.9 Å². The third kappa shape index (κ3) is 2.98. The average molecular weight is 308 g/mol. The van der Waals surface area contributed by atoms with Crippen molar-refractivity contribution in [1.82, 2.24) is 15.0 Å². The smallest absolute Gasteiger partial charge is 0.269 e. The molecular weight excluding hydrogens is 296 g/mol. The molecule has 0 aliphatic rings. The van der Waals surface area contributed by atoms with Crippen molar-refractivity contribution in [1.29, 1.82) is 0 Å². The zero-order valence-electron chi connectivity index (χ0n) is 12.0. The molecule has 1 aromatic heterocycles. The van der Waals surface area contributed by atoms with E-state index >= 15 is 0 Å². The van der Waals surface area contributed by atoms with Gasteiger partial charge in [0.25, 0.3) is 5.69 Å². The minimum absolute atomic E-state index is 0.0107. The lowest BCUT2D eigenvalue weighted by atomic mass is 10.1. The van der Waals surface area contributed by atoms with Gasteiger partial charge in [-0.05, 0) is 17.7 Å². The van der Waals surface area contributed by atoms with Crippen LogP contribution in [-0.4, -0.2) is 26.2 Å². The monoisotopic (exact) mass is 308 g/mol. The van der Waals surface area contributed by atoms with Crippen LogP contribution in [0.3, 0.4) is 0 Å². The van der Waals surface area contributed by atoms with Gasteiger partial charge in [0, 0.05) is 17.7 Å². The van der Waals surface area contributed by atoms with E-state index in [1.807, 2.05) is 30.3 Å². The van der Waals surface area contributed by atoms with Crippen LogP contribution in [0.4, 0.5) is 5.69 Å². The third-order valence-electron chi connectivity index (χ3n) is 3.40. The molecule has 0 saturated heterocycles. The maximum atomic E-state index is 11.2. The van der Waals surface area contributed by atoms with Crippen LogP contribution in [0, 0.1) is 10.1 Å². The number of nitro groups is 1. The molecule has 0 bridgehead atoms. The fraction of sp³-hybridized carbons (Fsp3) is 0.0625. The van der Waals surface area contributed by atoms with E-state index in [0.29, 0.717) is 24.1 Å². The summed E-state index contributed by atoms with van der Waals surface area (Å²) >= 11 is 0. The van der Waals surface area contributed by atoms with Crippen LogP contribution in [0.2, 0.25) is 0 Å². The average Bonchev–Trinajstić information content (AvgIpc) is 2.98. The van der Waals surface area contributed by atoms with Crippen LogP contribution in [0.1, 0.15) is 16.1 Å². The Morgan fingerprint density at radius 2 is 1.78 bits per heavy atom. The number of rotatable bonds is 5. The Morgan fingerprint density at radius 3 is 2.39 bits per heavy atom. The first kappa shape index (κ1) is 14.6. The molecule has 114 valence electrons. The molecule has 0 spiro atoms. The summed E-state index contributed by atoms with van der Waals surface area (Å²) in [6.07, 6.45) is 0.630. The van der Waals surface area contributed by atoms with Crippen molar-refractivity contribution in [3.05, 3.63) is 76.0 Å². The Hall–Kier alpha value is -3.35. The molecule has 0 N–H and O–H groups in total. The van der Waals surface area contributed by atoms with Gasteiger partial charge in [-0.15, -0.1) is 5.10 Å². The minimum Gasteiger partial charge on any atom is -0.296 e. The number of aldehydes is 1.